The molecular formula is C63H108O5. The lowest BCUT2D eigenvalue weighted by Crippen LogP contribution is -2.30. The van der Waals surface area contributed by atoms with E-state index in [0.29, 0.717) is 19.4 Å². The molecule has 0 aromatic heterocycles. The van der Waals surface area contributed by atoms with Gasteiger partial charge in [-0.2, -0.15) is 0 Å². The summed E-state index contributed by atoms with van der Waals surface area (Å²) in [4.78, 5) is 25.5. The van der Waals surface area contributed by atoms with Crippen molar-refractivity contribution in [3.05, 3.63) is 97.2 Å². The fourth-order valence-corrected chi connectivity index (χ4v) is 7.81. The Hall–Kier alpha value is -3.18. The van der Waals surface area contributed by atoms with E-state index >= 15 is 0 Å². The maximum absolute atomic E-state index is 12.8. The summed E-state index contributed by atoms with van der Waals surface area (Å²) in [6.45, 7) is 7.62. The first-order valence-electron chi connectivity index (χ1n) is 28.8. The van der Waals surface area contributed by atoms with Crippen LogP contribution >= 0.6 is 0 Å². The quantitative estimate of drug-likeness (QED) is 0.0345. The van der Waals surface area contributed by atoms with Gasteiger partial charge in [-0.1, -0.05) is 234 Å². The lowest BCUT2D eigenvalue weighted by molar-refractivity contribution is -0.163. The summed E-state index contributed by atoms with van der Waals surface area (Å²) in [5.74, 6) is -0.473. The zero-order chi connectivity index (χ0) is 49.2. The molecule has 68 heavy (non-hydrogen) atoms. The minimum atomic E-state index is -0.571. The van der Waals surface area contributed by atoms with E-state index in [0.717, 1.165) is 89.9 Å². The van der Waals surface area contributed by atoms with Gasteiger partial charge in [0.1, 0.15) is 6.61 Å². The van der Waals surface area contributed by atoms with Crippen LogP contribution in [0.25, 0.3) is 0 Å². The minimum absolute atomic E-state index is 0.0478. The molecule has 0 rings (SSSR count). The van der Waals surface area contributed by atoms with Crippen LogP contribution in [0.5, 0.6) is 0 Å². The standard InChI is InChI=1S/C63H108O5/c1-4-7-10-13-16-19-22-25-28-30-31-32-34-37-40-43-46-49-52-55-58-66-59-61(68-63(65)57-54-51-48-45-42-39-35-27-24-21-18-15-12-9-6-3)60-67-62(64)56-53-50-47-44-41-38-36-33-29-26-23-20-17-14-11-8-5-2/h8,11,16-17,19-20,25-29,35-36,38,44,47,61H,4-7,9-10,12-15,18,21-24,30-34,37,39-43,45-46,48-60H2,1-3H3/b11-8-,19-16-,20-17-,28-25-,29-26-,35-27-,38-36-,47-44-. The highest BCUT2D eigenvalue weighted by Crippen LogP contribution is 2.14. The molecule has 0 saturated carbocycles. The highest BCUT2D eigenvalue weighted by molar-refractivity contribution is 5.70. The molecule has 0 spiro atoms. The third kappa shape index (κ3) is 55.4. The number of esters is 2. The summed E-state index contributed by atoms with van der Waals surface area (Å²) < 4.78 is 17.4. The van der Waals surface area contributed by atoms with Crippen LogP contribution in [-0.4, -0.2) is 37.9 Å². The van der Waals surface area contributed by atoms with Crippen LogP contribution < -0.4 is 0 Å². The van der Waals surface area contributed by atoms with E-state index in [4.69, 9.17) is 14.2 Å². The van der Waals surface area contributed by atoms with Crippen molar-refractivity contribution in [3.63, 3.8) is 0 Å². The average molecular weight is 946 g/mol. The lowest BCUT2D eigenvalue weighted by atomic mass is 10.1. The van der Waals surface area contributed by atoms with Gasteiger partial charge in [0.05, 0.1) is 6.61 Å². The van der Waals surface area contributed by atoms with Gasteiger partial charge in [0, 0.05) is 19.4 Å². The molecule has 0 amide bonds. The first-order chi connectivity index (χ1) is 33.6. The van der Waals surface area contributed by atoms with Gasteiger partial charge in [0.15, 0.2) is 6.10 Å². The van der Waals surface area contributed by atoms with Gasteiger partial charge in [-0.05, 0) is 116 Å². The fourth-order valence-electron chi connectivity index (χ4n) is 7.81. The summed E-state index contributed by atoms with van der Waals surface area (Å²) in [5.41, 5.74) is 0. The molecule has 390 valence electrons. The SMILES string of the molecule is CC/C=C\C/C=C\C/C=C\C/C=C\C/C=C\CCCC(=O)OCC(COCCCCCCCCCCCC/C=C\C/C=C\CCCCC)OC(=O)CCCCCCC/C=C\CCCCCCCC. The molecule has 1 unspecified atom stereocenters. The van der Waals surface area contributed by atoms with Gasteiger partial charge in [-0.3, -0.25) is 9.59 Å². The second-order valence-electron chi connectivity index (χ2n) is 18.8. The van der Waals surface area contributed by atoms with Crippen LogP contribution in [0.2, 0.25) is 0 Å². The van der Waals surface area contributed by atoms with Crippen LogP contribution in [0.3, 0.4) is 0 Å². The third-order valence-electron chi connectivity index (χ3n) is 12.1. The van der Waals surface area contributed by atoms with Gasteiger partial charge in [0.25, 0.3) is 0 Å². The zero-order valence-electron chi connectivity index (χ0n) is 44.8. The molecule has 5 heteroatoms. The number of unbranched alkanes of at least 4 members (excludes halogenated alkanes) is 25. The summed E-state index contributed by atoms with van der Waals surface area (Å²) in [6, 6.07) is 0. The monoisotopic (exact) mass is 945 g/mol. The molecule has 0 heterocycles. The second-order valence-corrected chi connectivity index (χ2v) is 18.8. The van der Waals surface area contributed by atoms with Crippen molar-refractivity contribution in [1.82, 2.24) is 0 Å². The molecule has 0 aliphatic rings. The summed E-state index contributed by atoms with van der Waals surface area (Å²) in [7, 11) is 0. The van der Waals surface area contributed by atoms with E-state index in [-0.39, 0.29) is 25.2 Å². The van der Waals surface area contributed by atoms with Crippen molar-refractivity contribution in [2.24, 2.45) is 0 Å². The summed E-state index contributed by atoms with van der Waals surface area (Å²) >= 11 is 0. The Morgan fingerprint density at radius 3 is 1.15 bits per heavy atom. The molecule has 0 aromatic rings. The van der Waals surface area contributed by atoms with Crippen molar-refractivity contribution in [2.75, 3.05) is 19.8 Å². The van der Waals surface area contributed by atoms with Gasteiger partial charge in [-0.15, -0.1) is 0 Å². The minimum Gasteiger partial charge on any atom is -0.462 e. The van der Waals surface area contributed by atoms with E-state index in [2.05, 4.69) is 118 Å². The van der Waals surface area contributed by atoms with Gasteiger partial charge in [-0.25, -0.2) is 0 Å². The molecule has 0 bridgehead atoms. The van der Waals surface area contributed by atoms with Crippen LogP contribution in [-0.2, 0) is 23.8 Å². The molecule has 0 radical (unpaired) electrons. The average Bonchev–Trinajstić information content (AvgIpc) is 3.34. The zero-order valence-corrected chi connectivity index (χ0v) is 44.8. The van der Waals surface area contributed by atoms with E-state index in [1.807, 2.05) is 0 Å². The Labute approximate surface area is 422 Å². The van der Waals surface area contributed by atoms with E-state index in [1.165, 1.54) is 141 Å². The molecule has 5 nitrogen and oxygen atoms in total. The van der Waals surface area contributed by atoms with E-state index < -0.39 is 6.10 Å². The van der Waals surface area contributed by atoms with Crippen LogP contribution in [0, 0.1) is 0 Å². The first-order valence-corrected chi connectivity index (χ1v) is 28.8. The number of carbonyl (C=O) groups excluding carboxylic acids is 2. The van der Waals surface area contributed by atoms with E-state index in [9.17, 15) is 9.59 Å². The highest BCUT2D eigenvalue weighted by Gasteiger charge is 2.17. The Bertz CT molecular complexity index is 1300. The van der Waals surface area contributed by atoms with Crippen molar-refractivity contribution in [2.45, 2.75) is 271 Å². The Morgan fingerprint density at radius 2 is 0.676 bits per heavy atom. The van der Waals surface area contributed by atoms with Crippen LogP contribution in [0.1, 0.15) is 265 Å². The van der Waals surface area contributed by atoms with Crippen molar-refractivity contribution in [1.29, 1.82) is 0 Å². The predicted molar refractivity (Wildman–Crippen MR) is 297 cm³/mol. The highest BCUT2D eigenvalue weighted by atomic mass is 16.6. The Morgan fingerprint density at radius 1 is 0.338 bits per heavy atom. The largest absolute Gasteiger partial charge is 0.462 e. The number of allylic oxidation sites excluding steroid dienone is 16. The third-order valence-corrected chi connectivity index (χ3v) is 12.1. The molecule has 0 aromatic carbocycles. The smallest absolute Gasteiger partial charge is 0.306 e. The molecule has 0 aliphatic carbocycles. The number of hydrogen-bond acceptors (Lipinski definition) is 5. The number of ether oxygens (including phenoxy) is 3. The molecule has 0 saturated heterocycles. The number of hydrogen-bond donors (Lipinski definition) is 0. The van der Waals surface area contributed by atoms with Crippen molar-refractivity contribution in [3.8, 4) is 0 Å². The van der Waals surface area contributed by atoms with Gasteiger partial charge < -0.3 is 14.2 Å². The van der Waals surface area contributed by atoms with Crippen LogP contribution in [0.4, 0.5) is 0 Å². The molecule has 0 fully saturated rings. The molecular weight excluding hydrogens is 837 g/mol. The fraction of sp³-hybridized carbons (Fsp3) is 0.714. The number of rotatable bonds is 52. The first kappa shape index (κ1) is 64.8. The Kier molecular flexibility index (Phi) is 55.4. The summed E-state index contributed by atoms with van der Waals surface area (Å²) in [6.07, 6.45) is 78.6. The lowest BCUT2D eigenvalue weighted by Gasteiger charge is -2.18. The maximum atomic E-state index is 12.8. The second kappa shape index (κ2) is 58.1. The van der Waals surface area contributed by atoms with Gasteiger partial charge >= 0.3 is 11.9 Å². The molecule has 0 aliphatic heterocycles. The topological polar surface area (TPSA) is 61.8 Å². The van der Waals surface area contributed by atoms with Crippen molar-refractivity contribution >= 4 is 11.9 Å². The Balaban J connectivity index is 4.36. The normalized spacial score (nSPS) is 12.9. The molecule has 0 N–H and O–H groups in total. The van der Waals surface area contributed by atoms with E-state index in [1.54, 1.807) is 0 Å². The van der Waals surface area contributed by atoms with Crippen molar-refractivity contribution < 1.29 is 23.8 Å². The van der Waals surface area contributed by atoms with Gasteiger partial charge in [0.2, 0.25) is 0 Å². The molecule has 1 atom stereocenters. The van der Waals surface area contributed by atoms with Crippen LogP contribution in [0.15, 0.2) is 97.2 Å². The predicted octanol–water partition coefficient (Wildman–Crippen LogP) is 19.8. The number of carbonyl (C=O) groups is 2. The summed E-state index contributed by atoms with van der Waals surface area (Å²) in [5, 5.41) is 0. The maximum Gasteiger partial charge on any atom is 0.306 e.